The van der Waals surface area contributed by atoms with Crippen molar-refractivity contribution < 1.29 is 14.3 Å². The Kier molecular flexibility index (Phi) is 4.55. The van der Waals surface area contributed by atoms with Crippen LogP contribution in [0.2, 0.25) is 0 Å². The highest BCUT2D eigenvalue weighted by atomic mass is 16.5. The van der Waals surface area contributed by atoms with Crippen molar-refractivity contribution >= 4 is 28.8 Å². The highest BCUT2D eigenvalue weighted by Crippen LogP contribution is 2.32. The van der Waals surface area contributed by atoms with Crippen LogP contribution < -0.4 is 10.6 Å². The van der Waals surface area contributed by atoms with E-state index in [0.717, 1.165) is 16.8 Å². The zero-order chi connectivity index (χ0) is 19.5. The van der Waals surface area contributed by atoms with Gasteiger partial charge in [0.2, 0.25) is 0 Å². The number of nitrogens with zero attached hydrogens (tertiary/aromatic N) is 3. The number of anilines is 2. The molecule has 2 heterocycles. The molecule has 1 aliphatic heterocycles. The minimum absolute atomic E-state index is 0.243. The van der Waals surface area contributed by atoms with Crippen molar-refractivity contribution in [3.8, 4) is 11.4 Å². The predicted molar refractivity (Wildman–Crippen MR) is 102 cm³/mol. The lowest BCUT2D eigenvalue weighted by atomic mass is 10.1. The summed E-state index contributed by atoms with van der Waals surface area (Å²) in [7, 11) is 0. The van der Waals surface area contributed by atoms with Crippen LogP contribution in [-0.4, -0.2) is 39.1 Å². The number of aromatic nitrogens is 4. The fourth-order valence-corrected chi connectivity index (χ4v) is 2.84. The molecule has 0 unspecified atom stereocenters. The molecule has 0 atom stereocenters. The first-order chi connectivity index (χ1) is 13.7. The summed E-state index contributed by atoms with van der Waals surface area (Å²) in [5, 5.41) is 19.5. The van der Waals surface area contributed by atoms with Crippen molar-refractivity contribution in [1.29, 1.82) is 0 Å². The molecule has 9 heteroatoms. The number of benzene rings is 2. The Balaban J connectivity index is 1.53. The lowest BCUT2D eigenvalue weighted by Crippen LogP contribution is -2.06. The molecule has 3 aromatic rings. The van der Waals surface area contributed by atoms with Crippen LogP contribution in [0.15, 0.2) is 48.7 Å². The summed E-state index contributed by atoms with van der Waals surface area (Å²) < 4.78 is 4.99. The van der Waals surface area contributed by atoms with E-state index in [1.807, 2.05) is 24.3 Å². The van der Waals surface area contributed by atoms with Crippen LogP contribution in [0.25, 0.3) is 17.0 Å². The number of tetrazole rings is 1. The molecule has 4 rings (SSSR count). The third-order valence-corrected chi connectivity index (χ3v) is 4.20. The molecule has 3 N–H and O–H groups in total. The Bertz CT molecular complexity index is 1060. The van der Waals surface area contributed by atoms with E-state index < -0.39 is 5.97 Å². The fourth-order valence-electron chi connectivity index (χ4n) is 2.84. The largest absolute Gasteiger partial charge is 0.462 e. The average Bonchev–Trinajstić information content (AvgIpc) is 3.34. The molecule has 140 valence electrons. The highest BCUT2D eigenvalue weighted by molar-refractivity contribution is 6.31. The van der Waals surface area contributed by atoms with E-state index in [1.54, 1.807) is 31.3 Å². The smallest absolute Gasteiger partial charge is 0.338 e. The van der Waals surface area contributed by atoms with E-state index in [4.69, 9.17) is 4.74 Å². The van der Waals surface area contributed by atoms with Crippen molar-refractivity contribution in [2.24, 2.45) is 0 Å². The zero-order valence-corrected chi connectivity index (χ0v) is 14.9. The molecule has 9 nitrogen and oxygen atoms in total. The number of carbonyl (C=O) groups is 2. The van der Waals surface area contributed by atoms with Gasteiger partial charge in [-0.1, -0.05) is 6.07 Å². The summed E-state index contributed by atoms with van der Waals surface area (Å²) in [4.78, 5) is 24.2. The van der Waals surface area contributed by atoms with Crippen LogP contribution in [0.4, 0.5) is 11.4 Å². The number of hydrogen-bond donors (Lipinski definition) is 3. The van der Waals surface area contributed by atoms with E-state index >= 15 is 0 Å². The molecule has 0 bridgehead atoms. The van der Waals surface area contributed by atoms with Crippen molar-refractivity contribution in [3.05, 3.63) is 59.8 Å². The minimum Gasteiger partial charge on any atom is -0.462 e. The molecular weight excluding hydrogens is 360 g/mol. The second-order valence-corrected chi connectivity index (χ2v) is 5.96. The zero-order valence-electron chi connectivity index (χ0n) is 14.9. The van der Waals surface area contributed by atoms with Crippen molar-refractivity contribution in [3.63, 3.8) is 0 Å². The van der Waals surface area contributed by atoms with E-state index in [2.05, 4.69) is 31.3 Å². The van der Waals surface area contributed by atoms with Crippen LogP contribution in [0.3, 0.4) is 0 Å². The molecule has 0 saturated heterocycles. The normalized spacial score (nSPS) is 13.9. The quantitative estimate of drug-likeness (QED) is 0.462. The summed E-state index contributed by atoms with van der Waals surface area (Å²) in [6.45, 7) is 2.04. The van der Waals surface area contributed by atoms with Crippen molar-refractivity contribution in [2.75, 3.05) is 17.2 Å². The van der Waals surface area contributed by atoms with Gasteiger partial charge in [0.05, 0.1) is 17.7 Å². The van der Waals surface area contributed by atoms with Gasteiger partial charge in [0, 0.05) is 28.7 Å². The van der Waals surface area contributed by atoms with E-state index in [9.17, 15) is 9.59 Å². The van der Waals surface area contributed by atoms with Crippen LogP contribution in [-0.2, 0) is 9.53 Å². The topological polar surface area (TPSA) is 122 Å². The number of H-pyrrole nitrogens is 1. The Morgan fingerprint density at radius 2 is 2.04 bits per heavy atom. The van der Waals surface area contributed by atoms with Gasteiger partial charge < -0.3 is 15.4 Å². The number of amides is 1. The number of fused-ring (bicyclic) bond motifs is 1. The van der Waals surface area contributed by atoms with Crippen molar-refractivity contribution in [2.45, 2.75) is 6.92 Å². The monoisotopic (exact) mass is 376 g/mol. The molecule has 0 fully saturated rings. The molecule has 2 aromatic carbocycles. The number of esters is 1. The van der Waals surface area contributed by atoms with Gasteiger partial charge in [0.1, 0.15) is 0 Å². The number of aromatic amines is 1. The third kappa shape index (κ3) is 3.32. The van der Waals surface area contributed by atoms with Gasteiger partial charge >= 0.3 is 5.97 Å². The molecule has 1 amide bonds. The molecule has 0 saturated carbocycles. The van der Waals surface area contributed by atoms with Gasteiger partial charge in [-0.15, -0.1) is 5.10 Å². The standard InChI is InChI=1S/C19H16N6O3/c1-2-28-19(27)12-5-8-14-15(18(26)21-16(14)9-12)10-20-13-6-3-11(4-7-13)17-22-24-25-23-17/h3-10,20H,2H2,1H3,(H,21,26)(H,22,23,24,25)/b15-10-. The maximum Gasteiger partial charge on any atom is 0.338 e. The summed E-state index contributed by atoms with van der Waals surface area (Å²) >= 11 is 0. The molecule has 28 heavy (non-hydrogen) atoms. The van der Waals surface area contributed by atoms with Gasteiger partial charge in [-0.05, 0) is 53.7 Å². The summed E-state index contributed by atoms with van der Waals surface area (Å²) in [5.41, 5.74) is 3.82. The van der Waals surface area contributed by atoms with Crippen LogP contribution in [0.1, 0.15) is 22.8 Å². The first-order valence-corrected chi connectivity index (χ1v) is 8.59. The molecule has 0 aliphatic carbocycles. The van der Waals surface area contributed by atoms with E-state index in [-0.39, 0.29) is 5.91 Å². The van der Waals surface area contributed by atoms with Crippen LogP contribution >= 0.6 is 0 Å². The Morgan fingerprint density at radius 3 is 2.75 bits per heavy atom. The number of ether oxygens (including phenoxy) is 1. The maximum absolute atomic E-state index is 12.3. The molecule has 1 aromatic heterocycles. The maximum atomic E-state index is 12.3. The minimum atomic E-state index is -0.419. The number of nitrogens with one attached hydrogen (secondary N) is 3. The molecular formula is C19H16N6O3. The number of carbonyl (C=O) groups excluding carboxylic acids is 2. The van der Waals surface area contributed by atoms with Crippen molar-refractivity contribution in [1.82, 2.24) is 20.6 Å². The van der Waals surface area contributed by atoms with Gasteiger partial charge in [0.25, 0.3) is 5.91 Å². The second kappa shape index (κ2) is 7.31. The summed E-state index contributed by atoms with van der Waals surface area (Å²) in [5.74, 6) is -0.0866. The summed E-state index contributed by atoms with van der Waals surface area (Å²) in [6, 6.07) is 12.4. The average molecular weight is 376 g/mol. The molecule has 0 spiro atoms. The molecule has 0 radical (unpaired) electrons. The first-order valence-electron chi connectivity index (χ1n) is 8.59. The number of hydrogen-bond acceptors (Lipinski definition) is 7. The third-order valence-electron chi connectivity index (χ3n) is 4.20. The lowest BCUT2D eigenvalue weighted by molar-refractivity contribution is -0.110. The van der Waals surface area contributed by atoms with Gasteiger partial charge in [-0.25, -0.2) is 9.89 Å². The Labute approximate surface area is 159 Å². The van der Waals surface area contributed by atoms with Crippen LogP contribution in [0, 0.1) is 0 Å². The predicted octanol–water partition coefficient (Wildman–Crippen LogP) is 2.45. The Hall–Kier alpha value is -4.01. The SMILES string of the molecule is CCOC(=O)c1ccc2c(c1)NC(=O)/C2=C\Nc1ccc(-c2nnn[nH]2)cc1. The van der Waals surface area contributed by atoms with Gasteiger partial charge in [0.15, 0.2) is 5.82 Å². The second-order valence-electron chi connectivity index (χ2n) is 5.96. The van der Waals surface area contributed by atoms with Crippen LogP contribution in [0.5, 0.6) is 0 Å². The summed E-state index contributed by atoms with van der Waals surface area (Å²) in [6.07, 6.45) is 1.64. The number of rotatable bonds is 5. The fraction of sp³-hybridized carbons (Fsp3) is 0.105. The lowest BCUT2D eigenvalue weighted by Gasteiger charge is -2.05. The van der Waals surface area contributed by atoms with Gasteiger partial charge in [-0.2, -0.15) is 0 Å². The molecule has 1 aliphatic rings. The van der Waals surface area contributed by atoms with Gasteiger partial charge in [-0.3, -0.25) is 4.79 Å². The van der Waals surface area contributed by atoms with E-state index in [1.165, 1.54) is 0 Å². The highest BCUT2D eigenvalue weighted by Gasteiger charge is 2.25. The van der Waals surface area contributed by atoms with E-state index in [0.29, 0.717) is 29.3 Å². The Morgan fingerprint density at radius 1 is 1.21 bits per heavy atom. The first kappa shape index (κ1) is 17.4.